The van der Waals surface area contributed by atoms with Crippen molar-refractivity contribution in [2.24, 2.45) is 4.99 Å². The molecule has 0 aromatic carbocycles. The molecule has 0 unspecified atom stereocenters. The van der Waals surface area contributed by atoms with E-state index in [0.717, 1.165) is 18.8 Å². The fraction of sp³-hybridized carbons (Fsp3) is 0.615. The van der Waals surface area contributed by atoms with Gasteiger partial charge in [-0.2, -0.15) is 0 Å². The number of nitrogens with zero attached hydrogens (tertiary/aromatic N) is 1. The summed E-state index contributed by atoms with van der Waals surface area (Å²) in [6.07, 6.45) is 1.87. The van der Waals surface area contributed by atoms with Gasteiger partial charge in [-0.15, -0.1) is 11.3 Å². The highest BCUT2D eigenvalue weighted by Gasteiger charge is 2.01. The normalized spacial score (nSPS) is 12.4. The first kappa shape index (κ1) is 17.9. The number of rotatable bonds is 8. The number of aliphatic imine (C=N–C) groups is 1. The zero-order valence-corrected chi connectivity index (χ0v) is 14.4. The molecule has 0 radical (unpaired) electrons. The van der Waals surface area contributed by atoms with Gasteiger partial charge in [0.15, 0.2) is 5.96 Å². The number of guanidine groups is 1. The third-order valence-electron chi connectivity index (χ3n) is 2.54. The van der Waals surface area contributed by atoms with Crippen LogP contribution in [-0.2, 0) is 16.6 Å². The molecule has 0 atom stereocenters. The quantitative estimate of drug-likeness (QED) is 0.377. The number of sulfonamides is 1. The Kier molecular flexibility index (Phi) is 7.69. The van der Waals surface area contributed by atoms with E-state index in [1.54, 1.807) is 11.3 Å². The van der Waals surface area contributed by atoms with Crippen LogP contribution in [0.1, 0.15) is 23.1 Å². The van der Waals surface area contributed by atoms with Crippen LogP contribution in [-0.4, -0.2) is 40.3 Å². The first-order valence-corrected chi connectivity index (χ1v) is 9.63. The first-order chi connectivity index (χ1) is 9.90. The van der Waals surface area contributed by atoms with Crippen molar-refractivity contribution in [1.29, 1.82) is 0 Å². The molecule has 0 saturated heterocycles. The van der Waals surface area contributed by atoms with E-state index in [1.165, 1.54) is 9.75 Å². The van der Waals surface area contributed by atoms with Gasteiger partial charge in [0.25, 0.3) is 0 Å². The minimum Gasteiger partial charge on any atom is -0.357 e. The smallest absolute Gasteiger partial charge is 0.208 e. The van der Waals surface area contributed by atoms with E-state index in [-0.39, 0.29) is 0 Å². The van der Waals surface area contributed by atoms with Gasteiger partial charge in [-0.05, 0) is 32.4 Å². The lowest BCUT2D eigenvalue weighted by molar-refractivity contribution is 0.584. The summed E-state index contributed by atoms with van der Waals surface area (Å²) in [4.78, 5) is 7.02. The van der Waals surface area contributed by atoms with Crippen LogP contribution >= 0.6 is 11.3 Å². The molecule has 0 aliphatic carbocycles. The monoisotopic (exact) mass is 332 g/mol. The molecule has 0 bridgehead atoms. The second kappa shape index (κ2) is 9.01. The maximum atomic E-state index is 10.9. The molecule has 0 amide bonds. The van der Waals surface area contributed by atoms with Crippen molar-refractivity contribution < 1.29 is 8.42 Å². The largest absolute Gasteiger partial charge is 0.357 e. The molecular formula is C13H24N4O2S2. The van der Waals surface area contributed by atoms with Crippen LogP contribution in [0.25, 0.3) is 0 Å². The Labute approximate surface area is 131 Å². The van der Waals surface area contributed by atoms with Crippen molar-refractivity contribution in [3.8, 4) is 0 Å². The highest BCUT2D eigenvalue weighted by molar-refractivity contribution is 7.88. The van der Waals surface area contributed by atoms with Crippen molar-refractivity contribution >= 4 is 27.3 Å². The molecule has 0 fully saturated rings. The predicted octanol–water partition coefficient (Wildman–Crippen LogP) is 1.05. The Balaban J connectivity index is 2.35. The molecule has 0 saturated carbocycles. The number of aryl methyl sites for hydroxylation is 1. The zero-order valence-electron chi connectivity index (χ0n) is 12.8. The summed E-state index contributed by atoms with van der Waals surface area (Å²) in [6, 6.07) is 4.18. The van der Waals surface area contributed by atoms with Gasteiger partial charge in [-0.1, -0.05) is 0 Å². The molecule has 1 heterocycles. The van der Waals surface area contributed by atoms with Crippen molar-refractivity contribution in [3.05, 3.63) is 21.9 Å². The average Bonchev–Trinajstić information content (AvgIpc) is 2.80. The Bertz CT molecular complexity index is 552. The third-order valence-corrected chi connectivity index (χ3v) is 4.26. The van der Waals surface area contributed by atoms with E-state index in [2.05, 4.69) is 39.4 Å². The van der Waals surface area contributed by atoms with Gasteiger partial charge in [-0.25, -0.2) is 18.1 Å². The average molecular weight is 332 g/mol. The second-order valence-corrected chi connectivity index (χ2v) is 7.86. The molecule has 1 aromatic rings. The fourth-order valence-electron chi connectivity index (χ4n) is 1.62. The maximum Gasteiger partial charge on any atom is 0.208 e. The standard InChI is InChI=1S/C13H24N4O2S2/c1-4-14-13(15-8-5-9-17-21(3,18)19)16-10-12-7-6-11(2)20-12/h6-7,17H,4-5,8-10H2,1-3H3,(H2,14,15,16). The van der Waals surface area contributed by atoms with Crippen LogP contribution in [0.3, 0.4) is 0 Å². The predicted molar refractivity (Wildman–Crippen MR) is 89.3 cm³/mol. The van der Waals surface area contributed by atoms with E-state index < -0.39 is 10.0 Å². The number of thiophene rings is 1. The summed E-state index contributed by atoms with van der Waals surface area (Å²) in [5, 5.41) is 6.36. The number of nitrogens with one attached hydrogen (secondary N) is 3. The summed E-state index contributed by atoms with van der Waals surface area (Å²) >= 11 is 1.74. The molecule has 6 nitrogen and oxygen atoms in total. The van der Waals surface area contributed by atoms with Gasteiger partial charge in [0.1, 0.15) is 0 Å². The van der Waals surface area contributed by atoms with Crippen LogP contribution in [0.15, 0.2) is 17.1 Å². The summed E-state index contributed by atoms with van der Waals surface area (Å²) in [6.45, 7) is 6.62. The van der Waals surface area contributed by atoms with Gasteiger partial charge in [0.2, 0.25) is 10.0 Å². The lowest BCUT2D eigenvalue weighted by atomic mass is 10.4. The summed E-state index contributed by atoms with van der Waals surface area (Å²) in [5.74, 6) is 0.753. The lowest BCUT2D eigenvalue weighted by Crippen LogP contribution is -2.38. The van der Waals surface area contributed by atoms with Crippen molar-refractivity contribution in [2.75, 3.05) is 25.9 Å². The summed E-state index contributed by atoms with van der Waals surface area (Å²) in [7, 11) is -3.10. The molecule has 0 aliphatic heterocycles. The lowest BCUT2D eigenvalue weighted by Gasteiger charge is -2.11. The molecular weight excluding hydrogens is 308 g/mol. The molecule has 120 valence electrons. The molecule has 8 heteroatoms. The van der Waals surface area contributed by atoms with Gasteiger partial charge in [-0.3, -0.25) is 0 Å². The second-order valence-electron chi connectivity index (χ2n) is 4.65. The molecule has 0 aliphatic rings. The van der Waals surface area contributed by atoms with Gasteiger partial charge in [0, 0.05) is 29.4 Å². The van der Waals surface area contributed by atoms with E-state index in [9.17, 15) is 8.42 Å². The van der Waals surface area contributed by atoms with E-state index in [0.29, 0.717) is 26.1 Å². The van der Waals surface area contributed by atoms with Crippen LogP contribution in [0.4, 0.5) is 0 Å². The third kappa shape index (κ3) is 8.69. The molecule has 1 rings (SSSR count). The summed E-state index contributed by atoms with van der Waals surface area (Å²) < 4.78 is 24.3. The van der Waals surface area contributed by atoms with E-state index >= 15 is 0 Å². The minimum atomic E-state index is -3.10. The topological polar surface area (TPSA) is 82.6 Å². The SMILES string of the molecule is CCNC(=NCc1ccc(C)s1)NCCCNS(C)(=O)=O. The van der Waals surface area contributed by atoms with Gasteiger partial charge >= 0.3 is 0 Å². The van der Waals surface area contributed by atoms with Crippen LogP contribution in [0.5, 0.6) is 0 Å². The Morgan fingerprint density at radius 2 is 2.05 bits per heavy atom. The highest BCUT2D eigenvalue weighted by Crippen LogP contribution is 2.15. The summed E-state index contributed by atoms with van der Waals surface area (Å²) in [5.41, 5.74) is 0. The Morgan fingerprint density at radius 3 is 2.62 bits per heavy atom. The first-order valence-electron chi connectivity index (χ1n) is 6.93. The van der Waals surface area contributed by atoms with Crippen molar-refractivity contribution in [3.63, 3.8) is 0 Å². The van der Waals surface area contributed by atoms with Gasteiger partial charge < -0.3 is 10.6 Å². The van der Waals surface area contributed by atoms with Crippen LogP contribution < -0.4 is 15.4 Å². The van der Waals surface area contributed by atoms with Crippen molar-refractivity contribution in [1.82, 2.24) is 15.4 Å². The number of hydrogen-bond donors (Lipinski definition) is 3. The molecule has 0 spiro atoms. The Hall–Kier alpha value is -1.12. The number of hydrogen-bond acceptors (Lipinski definition) is 4. The van der Waals surface area contributed by atoms with Gasteiger partial charge in [0.05, 0.1) is 12.8 Å². The molecule has 3 N–H and O–H groups in total. The molecule has 21 heavy (non-hydrogen) atoms. The van der Waals surface area contributed by atoms with Crippen molar-refractivity contribution in [2.45, 2.75) is 26.8 Å². The van der Waals surface area contributed by atoms with E-state index in [1.807, 2.05) is 6.92 Å². The van der Waals surface area contributed by atoms with Crippen LogP contribution in [0.2, 0.25) is 0 Å². The fourth-order valence-corrected chi connectivity index (χ4v) is 2.95. The Morgan fingerprint density at radius 1 is 1.29 bits per heavy atom. The van der Waals surface area contributed by atoms with E-state index in [4.69, 9.17) is 0 Å². The molecule has 1 aromatic heterocycles. The minimum absolute atomic E-state index is 0.426. The highest BCUT2D eigenvalue weighted by atomic mass is 32.2. The zero-order chi connectivity index (χ0) is 15.7. The maximum absolute atomic E-state index is 10.9. The van der Waals surface area contributed by atoms with Crippen LogP contribution in [0, 0.1) is 6.92 Å².